The molecule has 1 aromatic carbocycles. The molecule has 1 heterocycles. The number of hydrogen-bond acceptors (Lipinski definition) is 4. The van der Waals surface area contributed by atoms with E-state index >= 15 is 0 Å². The first kappa shape index (κ1) is 12.6. The second-order valence-electron chi connectivity index (χ2n) is 4.00. The Labute approximate surface area is 107 Å². The predicted octanol–water partition coefficient (Wildman–Crippen LogP) is 1.61. The number of nitrogens with zero attached hydrogens (tertiary/aromatic N) is 4. The average molecular weight is 246 g/mol. The van der Waals surface area contributed by atoms with Crippen molar-refractivity contribution in [3.05, 3.63) is 36.2 Å². The lowest BCUT2D eigenvalue weighted by atomic mass is 10.2. The molecule has 5 heteroatoms. The second-order valence-corrected chi connectivity index (χ2v) is 4.00. The third kappa shape index (κ3) is 2.51. The fraction of sp³-hybridized carbons (Fsp3) is 0.385. The maximum atomic E-state index is 8.96. The van der Waals surface area contributed by atoms with E-state index in [0.29, 0.717) is 5.69 Å². The maximum absolute atomic E-state index is 8.96. The standard InChI is InChI=1S/C13H18N4O/c1-3-16(4-2)12-5-7-13(8-6-12)17-9-11(10-18)14-15-17/h5-9,18H,3-4,10H2,1-2H3. The Morgan fingerprint density at radius 3 is 2.33 bits per heavy atom. The molecular weight excluding hydrogens is 228 g/mol. The van der Waals surface area contributed by atoms with Crippen molar-refractivity contribution in [1.82, 2.24) is 15.0 Å². The summed E-state index contributed by atoms with van der Waals surface area (Å²) in [4.78, 5) is 2.28. The molecule has 0 amide bonds. The van der Waals surface area contributed by atoms with Crippen LogP contribution in [-0.4, -0.2) is 33.2 Å². The van der Waals surface area contributed by atoms with Gasteiger partial charge < -0.3 is 10.0 Å². The van der Waals surface area contributed by atoms with Crippen LogP contribution < -0.4 is 4.90 Å². The lowest BCUT2D eigenvalue weighted by Crippen LogP contribution is -2.21. The van der Waals surface area contributed by atoms with Gasteiger partial charge in [-0.15, -0.1) is 5.10 Å². The van der Waals surface area contributed by atoms with Crippen molar-refractivity contribution >= 4 is 5.69 Å². The molecule has 0 atom stereocenters. The van der Waals surface area contributed by atoms with Gasteiger partial charge in [-0.1, -0.05) is 5.21 Å². The van der Waals surface area contributed by atoms with E-state index in [1.165, 1.54) is 5.69 Å². The topological polar surface area (TPSA) is 54.2 Å². The molecule has 0 bridgehead atoms. The second kappa shape index (κ2) is 5.64. The van der Waals surface area contributed by atoms with Crippen LogP contribution in [0.3, 0.4) is 0 Å². The number of aliphatic hydroxyl groups is 1. The molecule has 0 radical (unpaired) electrons. The van der Waals surface area contributed by atoms with Crippen molar-refractivity contribution < 1.29 is 5.11 Å². The molecule has 18 heavy (non-hydrogen) atoms. The zero-order chi connectivity index (χ0) is 13.0. The summed E-state index contributed by atoms with van der Waals surface area (Å²) >= 11 is 0. The van der Waals surface area contributed by atoms with Crippen LogP contribution in [0.1, 0.15) is 19.5 Å². The van der Waals surface area contributed by atoms with Gasteiger partial charge >= 0.3 is 0 Å². The molecule has 0 unspecified atom stereocenters. The molecule has 1 aromatic heterocycles. The van der Waals surface area contributed by atoms with E-state index in [1.54, 1.807) is 10.9 Å². The Morgan fingerprint density at radius 1 is 1.17 bits per heavy atom. The van der Waals surface area contributed by atoms with Crippen molar-refractivity contribution in [2.45, 2.75) is 20.5 Å². The number of benzene rings is 1. The van der Waals surface area contributed by atoms with Crippen molar-refractivity contribution in [2.24, 2.45) is 0 Å². The van der Waals surface area contributed by atoms with Gasteiger partial charge in [0.25, 0.3) is 0 Å². The van der Waals surface area contributed by atoms with Crippen LogP contribution in [0.4, 0.5) is 5.69 Å². The van der Waals surface area contributed by atoms with Crippen LogP contribution in [0.15, 0.2) is 30.5 Å². The van der Waals surface area contributed by atoms with Gasteiger partial charge in [0.1, 0.15) is 5.69 Å². The van der Waals surface area contributed by atoms with Gasteiger partial charge in [0.15, 0.2) is 0 Å². The third-order valence-electron chi connectivity index (χ3n) is 2.95. The maximum Gasteiger partial charge on any atom is 0.109 e. The summed E-state index contributed by atoms with van der Waals surface area (Å²) in [7, 11) is 0. The van der Waals surface area contributed by atoms with Crippen LogP contribution in [0.5, 0.6) is 0 Å². The van der Waals surface area contributed by atoms with E-state index in [-0.39, 0.29) is 6.61 Å². The number of aliphatic hydroxyl groups excluding tert-OH is 1. The van der Waals surface area contributed by atoms with Crippen LogP contribution >= 0.6 is 0 Å². The van der Waals surface area contributed by atoms with Gasteiger partial charge in [-0.25, -0.2) is 4.68 Å². The first-order valence-corrected chi connectivity index (χ1v) is 6.16. The summed E-state index contributed by atoms with van der Waals surface area (Å²) in [6.07, 6.45) is 1.73. The first-order valence-electron chi connectivity index (χ1n) is 6.16. The molecule has 0 aliphatic heterocycles. The number of aromatic nitrogens is 3. The fourth-order valence-corrected chi connectivity index (χ4v) is 1.90. The highest BCUT2D eigenvalue weighted by molar-refractivity contribution is 5.50. The molecular formula is C13H18N4O. The van der Waals surface area contributed by atoms with E-state index in [9.17, 15) is 0 Å². The van der Waals surface area contributed by atoms with Crippen LogP contribution in [0.2, 0.25) is 0 Å². The van der Waals surface area contributed by atoms with Crippen molar-refractivity contribution in [3.63, 3.8) is 0 Å². The third-order valence-corrected chi connectivity index (χ3v) is 2.95. The van der Waals surface area contributed by atoms with Crippen molar-refractivity contribution in [3.8, 4) is 5.69 Å². The lowest BCUT2D eigenvalue weighted by molar-refractivity contribution is 0.276. The number of rotatable bonds is 5. The highest BCUT2D eigenvalue weighted by atomic mass is 16.3. The molecule has 0 aliphatic carbocycles. The molecule has 0 saturated heterocycles. The minimum Gasteiger partial charge on any atom is -0.390 e. The summed E-state index contributed by atoms with van der Waals surface area (Å²) in [6, 6.07) is 8.15. The Bertz CT molecular complexity index is 488. The highest BCUT2D eigenvalue weighted by Gasteiger charge is 2.04. The lowest BCUT2D eigenvalue weighted by Gasteiger charge is -2.21. The quantitative estimate of drug-likeness (QED) is 0.870. The van der Waals surface area contributed by atoms with Crippen LogP contribution in [-0.2, 0) is 6.61 Å². The smallest absolute Gasteiger partial charge is 0.109 e. The highest BCUT2D eigenvalue weighted by Crippen LogP contribution is 2.16. The van der Waals surface area contributed by atoms with E-state index in [0.717, 1.165) is 18.8 Å². The zero-order valence-electron chi connectivity index (χ0n) is 10.7. The Balaban J connectivity index is 2.21. The van der Waals surface area contributed by atoms with E-state index in [1.807, 2.05) is 12.1 Å². The van der Waals surface area contributed by atoms with E-state index in [4.69, 9.17) is 5.11 Å². The summed E-state index contributed by atoms with van der Waals surface area (Å²) < 4.78 is 1.66. The summed E-state index contributed by atoms with van der Waals surface area (Å²) in [6.45, 7) is 6.18. The number of anilines is 1. The van der Waals surface area contributed by atoms with Gasteiger partial charge in [-0.3, -0.25) is 0 Å². The Hall–Kier alpha value is -1.88. The monoisotopic (exact) mass is 246 g/mol. The molecule has 1 N–H and O–H groups in total. The minimum absolute atomic E-state index is 0.0858. The normalized spacial score (nSPS) is 10.6. The van der Waals surface area contributed by atoms with Gasteiger partial charge in [-0.2, -0.15) is 0 Å². The average Bonchev–Trinajstić information content (AvgIpc) is 2.90. The fourth-order valence-electron chi connectivity index (χ4n) is 1.90. The molecule has 2 rings (SSSR count). The number of hydrogen-bond donors (Lipinski definition) is 1. The molecule has 0 aliphatic rings. The van der Waals surface area contributed by atoms with Gasteiger partial charge in [-0.05, 0) is 38.1 Å². The summed E-state index contributed by atoms with van der Waals surface area (Å²) in [5.74, 6) is 0. The molecule has 0 fully saturated rings. The van der Waals surface area contributed by atoms with E-state index < -0.39 is 0 Å². The van der Waals surface area contributed by atoms with Gasteiger partial charge in [0.2, 0.25) is 0 Å². The van der Waals surface area contributed by atoms with Crippen LogP contribution in [0.25, 0.3) is 5.69 Å². The largest absolute Gasteiger partial charge is 0.390 e. The Kier molecular flexibility index (Phi) is 3.94. The zero-order valence-corrected chi connectivity index (χ0v) is 10.7. The SMILES string of the molecule is CCN(CC)c1ccc(-n2cc(CO)nn2)cc1. The molecule has 0 saturated carbocycles. The Morgan fingerprint density at radius 2 is 1.83 bits per heavy atom. The molecule has 96 valence electrons. The predicted molar refractivity (Wildman–Crippen MR) is 70.8 cm³/mol. The molecule has 0 spiro atoms. The van der Waals surface area contributed by atoms with Gasteiger partial charge in [0, 0.05) is 18.8 Å². The van der Waals surface area contributed by atoms with Crippen molar-refractivity contribution in [1.29, 1.82) is 0 Å². The van der Waals surface area contributed by atoms with E-state index in [2.05, 4.69) is 41.2 Å². The van der Waals surface area contributed by atoms with Crippen LogP contribution in [0, 0.1) is 0 Å². The first-order chi connectivity index (χ1) is 8.78. The van der Waals surface area contributed by atoms with Crippen molar-refractivity contribution in [2.75, 3.05) is 18.0 Å². The molecule has 5 nitrogen and oxygen atoms in total. The van der Waals surface area contributed by atoms with Gasteiger partial charge in [0.05, 0.1) is 18.5 Å². The minimum atomic E-state index is -0.0858. The summed E-state index contributed by atoms with van der Waals surface area (Å²) in [5.41, 5.74) is 2.71. The molecule has 2 aromatic rings. The summed E-state index contributed by atoms with van der Waals surface area (Å²) in [5, 5.41) is 16.8.